The van der Waals surface area contributed by atoms with Crippen molar-refractivity contribution in [3.8, 4) is 0 Å². The molecule has 0 bridgehead atoms. The van der Waals surface area contributed by atoms with Gasteiger partial charge in [0.25, 0.3) is 5.91 Å². The van der Waals surface area contributed by atoms with Crippen LogP contribution >= 0.6 is 11.6 Å². The van der Waals surface area contributed by atoms with E-state index >= 15 is 0 Å². The normalized spacial score (nSPS) is 13.2. The van der Waals surface area contributed by atoms with Gasteiger partial charge in [0.1, 0.15) is 5.82 Å². The number of benzene rings is 1. The van der Waals surface area contributed by atoms with Gasteiger partial charge in [-0.1, -0.05) is 29.8 Å². The van der Waals surface area contributed by atoms with Crippen molar-refractivity contribution in [1.82, 2.24) is 25.5 Å². The Hall–Kier alpha value is -3.98. The van der Waals surface area contributed by atoms with Crippen molar-refractivity contribution < 1.29 is 14.4 Å². The number of pyridine rings is 2. The first-order valence-electron chi connectivity index (χ1n) is 10.3. The summed E-state index contributed by atoms with van der Waals surface area (Å²) in [5.74, 6) is 0.206. The number of anilines is 1. The number of nitrogens with one attached hydrogen (secondary N) is 2. The van der Waals surface area contributed by atoms with Crippen molar-refractivity contribution in [3.63, 3.8) is 0 Å². The first kappa shape index (κ1) is 22.2. The van der Waals surface area contributed by atoms with Crippen LogP contribution in [0.2, 0.25) is 5.02 Å². The van der Waals surface area contributed by atoms with Gasteiger partial charge in [0.15, 0.2) is 0 Å². The molecule has 0 unspecified atom stereocenters. The van der Waals surface area contributed by atoms with E-state index in [1.54, 1.807) is 48.8 Å². The molecule has 3 heterocycles. The number of carbonyl (C=O) groups is 3. The highest BCUT2D eigenvalue weighted by Crippen LogP contribution is 2.19. The number of aromatic nitrogens is 2. The van der Waals surface area contributed by atoms with E-state index in [9.17, 15) is 14.4 Å². The van der Waals surface area contributed by atoms with Gasteiger partial charge in [0.05, 0.1) is 12.1 Å². The third-order valence-electron chi connectivity index (χ3n) is 5.07. The van der Waals surface area contributed by atoms with E-state index in [1.807, 2.05) is 12.1 Å². The van der Waals surface area contributed by atoms with Crippen molar-refractivity contribution >= 4 is 35.4 Å². The summed E-state index contributed by atoms with van der Waals surface area (Å²) in [6.07, 6.45) is 4.69. The Morgan fingerprint density at radius 1 is 0.939 bits per heavy atom. The monoisotopic (exact) mass is 464 g/mol. The van der Waals surface area contributed by atoms with Crippen LogP contribution in [0.1, 0.15) is 21.5 Å². The summed E-state index contributed by atoms with van der Waals surface area (Å²) in [4.78, 5) is 48.2. The zero-order valence-corrected chi connectivity index (χ0v) is 18.3. The molecule has 5 amide bonds. The van der Waals surface area contributed by atoms with Gasteiger partial charge >= 0.3 is 12.1 Å². The summed E-state index contributed by atoms with van der Waals surface area (Å²) in [5.41, 5.74) is 2.13. The third-order valence-corrected chi connectivity index (χ3v) is 5.33. The van der Waals surface area contributed by atoms with Gasteiger partial charge in [-0.3, -0.25) is 14.7 Å². The number of rotatable bonds is 6. The number of hydrogen-bond donors (Lipinski definition) is 2. The van der Waals surface area contributed by atoms with Gasteiger partial charge in [0.2, 0.25) is 0 Å². The van der Waals surface area contributed by atoms with Crippen molar-refractivity contribution in [3.05, 3.63) is 88.8 Å². The lowest BCUT2D eigenvalue weighted by atomic mass is 10.2. The Morgan fingerprint density at radius 3 is 2.39 bits per heavy atom. The van der Waals surface area contributed by atoms with E-state index in [0.29, 0.717) is 22.9 Å². The summed E-state index contributed by atoms with van der Waals surface area (Å²) in [5, 5.41) is 6.16. The highest BCUT2D eigenvalue weighted by Gasteiger charge is 2.34. The first-order valence-corrected chi connectivity index (χ1v) is 10.6. The predicted octanol–water partition coefficient (Wildman–Crippen LogP) is 3.21. The molecule has 0 spiro atoms. The molecule has 0 saturated carbocycles. The Labute approximate surface area is 195 Å². The van der Waals surface area contributed by atoms with Crippen molar-refractivity contribution in [1.29, 1.82) is 0 Å². The van der Waals surface area contributed by atoms with Crippen LogP contribution in [-0.4, -0.2) is 45.9 Å². The summed E-state index contributed by atoms with van der Waals surface area (Å²) in [6.45, 7) is 1.18. The fraction of sp³-hybridized carbons (Fsp3) is 0.174. The Balaban J connectivity index is 1.30. The number of imide groups is 1. The molecule has 10 heteroatoms. The molecule has 9 nitrogen and oxygen atoms in total. The largest absolute Gasteiger partial charge is 0.348 e. The molecule has 33 heavy (non-hydrogen) atoms. The maximum absolute atomic E-state index is 12.7. The van der Waals surface area contributed by atoms with Gasteiger partial charge in [-0.2, -0.15) is 0 Å². The quantitative estimate of drug-likeness (QED) is 0.582. The maximum Gasteiger partial charge on any atom is 0.333 e. The van der Waals surface area contributed by atoms with Gasteiger partial charge in [0, 0.05) is 43.2 Å². The lowest BCUT2D eigenvalue weighted by molar-refractivity contribution is 0.0950. The minimum atomic E-state index is -0.466. The molecule has 4 rings (SSSR count). The molecule has 0 atom stereocenters. The maximum atomic E-state index is 12.7. The third kappa shape index (κ3) is 5.45. The van der Waals surface area contributed by atoms with Crippen LogP contribution in [0.4, 0.5) is 15.4 Å². The number of halogens is 1. The molecule has 0 aliphatic carbocycles. The van der Waals surface area contributed by atoms with Crippen LogP contribution in [0, 0.1) is 0 Å². The second kappa shape index (κ2) is 10.1. The molecule has 1 fully saturated rings. The average Bonchev–Trinajstić information content (AvgIpc) is 3.24. The van der Waals surface area contributed by atoms with E-state index in [2.05, 4.69) is 20.6 Å². The molecule has 3 aromatic rings. The Morgan fingerprint density at radius 2 is 1.70 bits per heavy atom. The fourth-order valence-electron chi connectivity index (χ4n) is 3.28. The highest BCUT2D eigenvalue weighted by atomic mass is 35.5. The lowest BCUT2D eigenvalue weighted by Gasteiger charge is -2.17. The Bertz CT molecular complexity index is 1140. The SMILES string of the molecule is O=C(NCc1ccc(N2CCN(C(=O)NCc3ccc(Cl)cc3)C2=O)nc1)c1cccnc1. The fourth-order valence-corrected chi connectivity index (χ4v) is 3.40. The topological polar surface area (TPSA) is 108 Å². The van der Waals surface area contributed by atoms with E-state index < -0.39 is 12.1 Å². The average molecular weight is 465 g/mol. The smallest absolute Gasteiger partial charge is 0.333 e. The van der Waals surface area contributed by atoms with Crippen LogP contribution in [-0.2, 0) is 13.1 Å². The van der Waals surface area contributed by atoms with Gasteiger partial charge in [-0.25, -0.2) is 19.5 Å². The van der Waals surface area contributed by atoms with Crippen LogP contribution in [0.15, 0.2) is 67.1 Å². The van der Waals surface area contributed by atoms with Crippen LogP contribution in [0.3, 0.4) is 0 Å². The molecule has 2 N–H and O–H groups in total. The second-order valence-corrected chi connectivity index (χ2v) is 7.76. The lowest BCUT2D eigenvalue weighted by Crippen LogP contribution is -2.42. The standard InChI is InChI=1S/C23H21ClN6O3/c24-19-6-3-16(4-7-19)12-28-22(32)30-11-10-29(23(30)33)20-8-5-17(13-26-20)14-27-21(31)18-2-1-9-25-15-18/h1-9,13,15H,10-12,14H2,(H,27,31)(H,28,32). The molecule has 1 aliphatic heterocycles. The zero-order valence-electron chi connectivity index (χ0n) is 17.6. The molecule has 1 saturated heterocycles. The summed E-state index contributed by atoms with van der Waals surface area (Å²) >= 11 is 5.87. The molecule has 1 aromatic carbocycles. The molecular formula is C23H21ClN6O3. The predicted molar refractivity (Wildman–Crippen MR) is 123 cm³/mol. The molecule has 1 aliphatic rings. The number of amides is 5. The molecule has 2 aromatic heterocycles. The van der Waals surface area contributed by atoms with Crippen LogP contribution in [0.5, 0.6) is 0 Å². The molecule has 0 radical (unpaired) electrons. The van der Waals surface area contributed by atoms with E-state index in [-0.39, 0.29) is 25.5 Å². The highest BCUT2D eigenvalue weighted by molar-refractivity contribution is 6.30. The van der Waals surface area contributed by atoms with Crippen molar-refractivity contribution in [2.75, 3.05) is 18.0 Å². The minimum Gasteiger partial charge on any atom is -0.348 e. The number of nitrogens with zero attached hydrogens (tertiary/aromatic N) is 4. The van der Waals surface area contributed by atoms with Gasteiger partial charge in [-0.05, 0) is 41.5 Å². The zero-order chi connectivity index (χ0) is 23.2. The van der Waals surface area contributed by atoms with Crippen molar-refractivity contribution in [2.24, 2.45) is 0 Å². The Kier molecular flexibility index (Phi) is 6.80. The number of carbonyl (C=O) groups excluding carboxylic acids is 3. The number of hydrogen-bond acceptors (Lipinski definition) is 5. The summed E-state index contributed by atoms with van der Waals surface area (Å²) in [7, 11) is 0. The van der Waals surface area contributed by atoms with Gasteiger partial charge in [-0.15, -0.1) is 0 Å². The van der Waals surface area contributed by atoms with E-state index in [0.717, 1.165) is 16.0 Å². The summed E-state index contributed by atoms with van der Waals surface area (Å²) < 4.78 is 0. The minimum absolute atomic E-state index is 0.234. The van der Waals surface area contributed by atoms with E-state index in [4.69, 9.17) is 11.6 Å². The number of urea groups is 2. The second-order valence-electron chi connectivity index (χ2n) is 7.32. The van der Waals surface area contributed by atoms with Gasteiger partial charge < -0.3 is 10.6 Å². The van der Waals surface area contributed by atoms with Crippen LogP contribution in [0.25, 0.3) is 0 Å². The van der Waals surface area contributed by atoms with E-state index in [1.165, 1.54) is 11.1 Å². The molecule has 168 valence electrons. The first-order chi connectivity index (χ1) is 16.0. The van der Waals surface area contributed by atoms with Crippen LogP contribution < -0.4 is 15.5 Å². The summed E-state index contributed by atoms with van der Waals surface area (Å²) in [6, 6.07) is 13.1. The van der Waals surface area contributed by atoms with Crippen molar-refractivity contribution in [2.45, 2.75) is 13.1 Å². The molecular weight excluding hydrogens is 444 g/mol.